The molecule has 34 heavy (non-hydrogen) atoms. The van der Waals surface area contributed by atoms with E-state index in [1.165, 1.54) is 99.3 Å². The molecule has 0 saturated carbocycles. The van der Waals surface area contributed by atoms with Gasteiger partial charge in [0.2, 0.25) is 0 Å². The van der Waals surface area contributed by atoms with Crippen molar-refractivity contribution in [1.29, 1.82) is 0 Å². The highest BCUT2D eigenvalue weighted by atomic mass is 14.2. The van der Waals surface area contributed by atoms with Crippen molar-refractivity contribution in [3.05, 3.63) is 71.8 Å². The predicted octanol–water partition coefficient (Wildman–Crippen LogP) is 10.7. The molecule has 0 radical (unpaired) electrons. The van der Waals surface area contributed by atoms with Gasteiger partial charge in [-0.25, -0.2) is 0 Å². The first-order chi connectivity index (χ1) is 16.7. The maximum absolute atomic E-state index is 2.52. The molecule has 182 valence electrons. The van der Waals surface area contributed by atoms with E-state index < -0.39 is 0 Å². The minimum Gasteiger partial charge on any atom is -0.0804 e. The second-order valence-electron chi connectivity index (χ2n) is 11.1. The SMILES string of the molecule is CCCCCC1CC=C(c2ccc(-c3ccc(C4=CCC(CC(C)CC)CC4)cc3)cc2)CC1. The van der Waals surface area contributed by atoms with Gasteiger partial charge in [0.15, 0.2) is 0 Å². The average Bonchev–Trinajstić information content (AvgIpc) is 2.90. The lowest BCUT2D eigenvalue weighted by Crippen LogP contribution is -2.09. The Morgan fingerprint density at radius 1 is 0.676 bits per heavy atom. The summed E-state index contributed by atoms with van der Waals surface area (Å²) in [5.41, 5.74) is 8.62. The van der Waals surface area contributed by atoms with Crippen LogP contribution in [-0.2, 0) is 0 Å². The fourth-order valence-electron chi connectivity index (χ4n) is 5.95. The third-order valence-corrected chi connectivity index (χ3v) is 8.53. The Morgan fingerprint density at radius 3 is 1.62 bits per heavy atom. The molecule has 0 nitrogen and oxygen atoms in total. The van der Waals surface area contributed by atoms with Gasteiger partial charge in [0.25, 0.3) is 0 Å². The van der Waals surface area contributed by atoms with Crippen LogP contribution in [-0.4, -0.2) is 0 Å². The van der Waals surface area contributed by atoms with E-state index in [0.717, 1.165) is 17.8 Å². The van der Waals surface area contributed by atoms with Crippen molar-refractivity contribution in [3.63, 3.8) is 0 Å². The summed E-state index contributed by atoms with van der Waals surface area (Å²) in [6.07, 6.45) is 21.1. The van der Waals surface area contributed by atoms with E-state index in [1.807, 2.05) is 0 Å². The maximum Gasteiger partial charge on any atom is -0.0184 e. The van der Waals surface area contributed by atoms with E-state index in [2.05, 4.69) is 81.5 Å². The normalized spacial score (nSPS) is 21.6. The Kier molecular flexibility index (Phi) is 9.25. The van der Waals surface area contributed by atoms with Crippen molar-refractivity contribution in [1.82, 2.24) is 0 Å². The molecule has 0 bridgehead atoms. The van der Waals surface area contributed by atoms with Gasteiger partial charge in [0.1, 0.15) is 0 Å². The fraction of sp³-hybridized carbons (Fsp3) is 0.529. The number of allylic oxidation sites excluding steroid dienone is 4. The van der Waals surface area contributed by atoms with Crippen molar-refractivity contribution >= 4 is 11.1 Å². The molecule has 0 spiro atoms. The summed E-state index contributed by atoms with van der Waals surface area (Å²) < 4.78 is 0. The molecule has 0 heteroatoms. The first-order valence-corrected chi connectivity index (χ1v) is 14.3. The Balaban J connectivity index is 1.33. The second kappa shape index (κ2) is 12.6. The summed E-state index contributed by atoms with van der Waals surface area (Å²) in [7, 11) is 0. The molecule has 0 N–H and O–H groups in total. The Hall–Kier alpha value is -2.08. The lowest BCUT2D eigenvalue weighted by molar-refractivity contribution is 0.362. The first-order valence-electron chi connectivity index (χ1n) is 14.3. The number of rotatable bonds is 10. The summed E-state index contributed by atoms with van der Waals surface area (Å²) in [5.74, 6) is 2.67. The lowest BCUT2D eigenvalue weighted by Gasteiger charge is -2.24. The third kappa shape index (κ3) is 6.74. The smallest absolute Gasteiger partial charge is 0.0184 e. The fourth-order valence-corrected chi connectivity index (χ4v) is 5.95. The molecule has 0 saturated heterocycles. The van der Waals surface area contributed by atoms with Gasteiger partial charge in [0, 0.05) is 0 Å². The van der Waals surface area contributed by atoms with Gasteiger partial charge in [-0.15, -0.1) is 0 Å². The largest absolute Gasteiger partial charge is 0.0804 e. The van der Waals surface area contributed by atoms with Crippen molar-refractivity contribution in [2.75, 3.05) is 0 Å². The monoisotopic (exact) mass is 454 g/mol. The van der Waals surface area contributed by atoms with Crippen LogP contribution < -0.4 is 0 Å². The maximum atomic E-state index is 2.52. The number of benzene rings is 2. The molecule has 4 rings (SSSR count). The molecule has 3 atom stereocenters. The highest BCUT2D eigenvalue weighted by Gasteiger charge is 2.18. The Labute approximate surface area is 209 Å². The molecule has 0 heterocycles. The van der Waals surface area contributed by atoms with Crippen LogP contribution in [0.5, 0.6) is 0 Å². The Bertz CT molecular complexity index is 941. The van der Waals surface area contributed by atoms with Gasteiger partial charge in [-0.1, -0.05) is 114 Å². The summed E-state index contributed by atoms with van der Waals surface area (Å²) in [6.45, 7) is 7.03. The predicted molar refractivity (Wildman–Crippen MR) is 151 cm³/mol. The van der Waals surface area contributed by atoms with Gasteiger partial charge in [-0.2, -0.15) is 0 Å². The number of hydrogen-bond acceptors (Lipinski definition) is 0. The molecule has 2 aromatic carbocycles. The third-order valence-electron chi connectivity index (χ3n) is 8.53. The van der Waals surface area contributed by atoms with Crippen molar-refractivity contribution in [2.24, 2.45) is 17.8 Å². The van der Waals surface area contributed by atoms with Crippen LogP contribution in [0.3, 0.4) is 0 Å². The second-order valence-corrected chi connectivity index (χ2v) is 11.1. The molecule has 2 aliphatic rings. The molecular formula is C34H46. The molecular weight excluding hydrogens is 408 g/mol. The minimum absolute atomic E-state index is 0.868. The van der Waals surface area contributed by atoms with E-state index in [9.17, 15) is 0 Å². The van der Waals surface area contributed by atoms with Crippen LogP contribution in [0, 0.1) is 17.8 Å². The molecule has 0 aromatic heterocycles. The molecule has 2 aromatic rings. The zero-order chi connectivity index (χ0) is 23.8. The van der Waals surface area contributed by atoms with E-state index >= 15 is 0 Å². The van der Waals surface area contributed by atoms with Crippen LogP contribution in [0.15, 0.2) is 60.7 Å². The van der Waals surface area contributed by atoms with Crippen LogP contribution in [0.4, 0.5) is 0 Å². The molecule has 0 amide bonds. The van der Waals surface area contributed by atoms with Crippen molar-refractivity contribution < 1.29 is 0 Å². The van der Waals surface area contributed by atoms with Crippen molar-refractivity contribution in [2.45, 2.75) is 97.8 Å². The van der Waals surface area contributed by atoms with Gasteiger partial charge < -0.3 is 0 Å². The molecule has 3 unspecified atom stereocenters. The van der Waals surface area contributed by atoms with Crippen LogP contribution >= 0.6 is 0 Å². The summed E-state index contributed by atoms with van der Waals surface area (Å²) in [4.78, 5) is 0. The standard InChI is InChI=1S/C34H46/c1-4-6-7-8-27-9-13-29(14-10-27)31-17-21-33(22-18-31)34-23-19-32(20-24-34)30-15-11-28(12-16-30)25-26(3)5-2/h13,15,17-24,26-28H,4-12,14,16,25H2,1-3H3. The summed E-state index contributed by atoms with van der Waals surface area (Å²) in [6, 6.07) is 18.6. The van der Waals surface area contributed by atoms with E-state index in [-0.39, 0.29) is 0 Å². The quantitative estimate of drug-likeness (QED) is 0.313. The van der Waals surface area contributed by atoms with Crippen molar-refractivity contribution in [3.8, 4) is 11.1 Å². The first kappa shape index (κ1) is 25.0. The Morgan fingerprint density at radius 2 is 1.18 bits per heavy atom. The molecule has 0 fully saturated rings. The molecule has 2 aliphatic carbocycles. The summed E-state index contributed by atoms with van der Waals surface area (Å²) in [5, 5.41) is 0. The zero-order valence-corrected chi connectivity index (χ0v) is 22.0. The van der Waals surface area contributed by atoms with E-state index in [0.29, 0.717) is 0 Å². The molecule has 0 aliphatic heterocycles. The minimum atomic E-state index is 0.868. The zero-order valence-electron chi connectivity index (χ0n) is 22.0. The van der Waals surface area contributed by atoms with E-state index in [4.69, 9.17) is 0 Å². The lowest BCUT2D eigenvalue weighted by atomic mass is 9.81. The van der Waals surface area contributed by atoms with Gasteiger partial charge in [-0.3, -0.25) is 0 Å². The van der Waals surface area contributed by atoms with E-state index in [1.54, 1.807) is 11.1 Å². The highest BCUT2D eigenvalue weighted by molar-refractivity contribution is 5.73. The number of unbranched alkanes of at least 4 members (excludes halogenated alkanes) is 2. The van der Waals surface area contributed by atoms with Crippen LogP contribution in [0.2, 0.25) is 0 Å². The van der Waals surface area contributed by atoms with Crippen LogP contribution in [0.1, 0.15) is 109 Å². The number of hydrogen-bond donors (Lipinski definition) is 0. The van der Waals surface area contributed by atoms with Gasteiger partial charge in [-0.05, 0) is 96.1 Å². The van der Waals surface area contributed by atoms with Crippen LogP contribution in [0.25, 0.3) is 22.3 Å². The van der Waals surface area contributed by atoms with Gasteiger partial charge in [0.05, 0.1) is 0 Å². The average molecular weight is 455 g/mol. The summed E-state index contributed by atoms with van der Waals surface area (Å²) >= 11 is 0. The highest BCUT2D eigenvalue weighted by Crippen LogP contribution is 2.36. The topological polar surface area (TPSA) is 0 Å². The van der Waals surface area contributed by atoms with Gasteiger partial charge >= 0.3 is 0 Å².